The Balaban J connectivity index is 2.48. The van der Waals surface area contributed by atoms with Gasteiger partial charge in [-0.25, -0.2) is 0 Å². The van der Waals surface area contributed by atoms with Crippen molar-refractivity contribution in [2.75, 3.05) is 13.2 Å². The second-order valence-electron chi connectivity index (χ2n) is 9.69. The van der Waals surface area contributed by atoms with Crippen LogP contribution in [0.4, 0.5) is 0 Å². The highest BCUT2D eigenvalue weighted by atomic mass is 16.7. The number of aliphatic hydroxyl groups is 1. The Morgan fingerprint density at radius 1 is 0.477 bits per heavy atom. The van der Waals surface area contributed by atoms with Gasteiger partial charge >= 0.3 is 41.8 Å². The van der Waals surface area contributed by atoms with Gasteiger partial charge in [0, 0.05) is 48.5 Å². The topological polar surface area (TPSA) is 232 Å². The van der Waals surface area contributed by atoms with E-state index in [-0.39, 0.29) is 0 Å². The summed E-state index contributed by atoms with van der Waals surface area (Å²) in [6.45, 7) is 6.15. The van der Waals surface area contributed by atoms with E-state index in [1.165, 1.54) is 0 Å². The first-order valence-electron chi connectivity index (χ1n) is 13.3. The minimum atomic E-state index is -1.90. The molecule has 2 heterocycles. The van der Waals surface area contributed by atoms with Gasteiger partial charge in [0.1, 0.15) is 18.8 Å². The van der Waals surface area contributed by atoms with Crippen LogP contribution in [0.15, 0.2) is 0 Å². The maximum atomic E-state index is 12.1. The predicted molar refractivity (Wildman–Crippen MR) is 135 cm³/mol. The third kappa shape index (κ3) is 10.7. The van der Waals surface area contributed by atoms with E-state index in [2.05, 4.69) is 0 Å². The van der Waals surface area contributed by atoms with E-state index in [0.717, 1.165) is 48.5 Å². The minimum absolute atomic E-state index is 0.523. The van der Waals surface area contributed by atoms with Gasteiger partial charge in [-0.05, 0) is 0 Å². The largest absolute Gasteiger partial charge is 0.463 e. The molecule has 0 aromatic heterocycles. The van der Waals surface area contributed by atoms with E-state index < -0.39 is 116 Å². The molecule has 248 valence electrons. The van der Waals surface area contributed by atoms with Crippen LogP contribution in [0.2, 0.25) is 0 Å². The molecule has 2 aliphatic rings. The number of hydrogen-bond donors (Lipinski definition) is 1. The number of ether oxygens (including phenoxy) is 10. The van der Waals surface area contributed by atoms with Crippen LogP contribution in [0.1, 0.15) is 48.5 Å². The predicted octanol–water partition coefficient (Wildman–Crippen LogP) is -1.40. The molecular formula is C26H36O18. The molecule has 0 saturated carbocycles. The molecule has 44 heavy (non-hydrogen) atoms. The van der Waals surface area contributed by atoms with E-state index in [9.17, 15) is 38.7 Å². The summed E-state index contributed by atoms with van der Waals surface area (Å²) in [5.74, 6) is -5.94. The number of rotatable bonds is 11. The molecule has 2 rings (SSSR count). The lowest BCUT2D eigenvalue weighted by Crippen LogP contribution is -2.64. The second kappa shape index (κ2) is 16.3. The number of esters is 7. The van der Waals surface area contributed by atoms with Crippen molar-refractivity contribution >= 4 is 41.8 Å². The van der Waals surface area contributed by atoms with Crippen LogP contribution >= 0.6 is 0 Å². The summed E-state index contributed by atoms with van der Waals surface area (Å²) in [6, 6.07) is 0. The van der Waals surface area contributed by atoms with Gasteiger partial charge in [0.05, 0.1) is 6.61 Å². The molecule has 0 spiro atoms. The molecular weight excluding hydrogens is 600 g/mol. The van der Waals surface area contributed by atoms with E-state index in [4.69, 9.17) is 47.4 Å². The fourth-order valence-electron chi connectivity index (χ4n) is 4.52. The standard InChI is InChI=1S/C26H36O18/c1-10(27)35-8-18-20(38-12(3)29)22(40-14(5)31)24(42-16(7)33)26(44-18)36-9-17-19(37-11(2)28)21(39-13(4)30)23(25(34)43-17)41-15(6)32/h17-26,34H,8-9H2,1-7H3/t17-,18-,19-,20-,21+,22+,23-,24-,25+,26+/m1/s1. The fourth-order valence-corrected chi connectivity index (χ4v) is 4.52. The molecule has 0 aromatic carbocycles. The lowest BCUT2D eigenvalue weighted by Gasteiger charge is -2.45. The molecule has 0 aliphatic carbocycles. The molecule has 18 nitrogen and oxygen atoms in total. The molecule has 10 atom stereocenters. The Hall–Kier alpha value is -3.87. The number of carbonyl (C=O) groups is 7. The Bertz CT molecular complexity index is 1090. The van der Waals surface area contributed by atoms with Crippen molar-refractivity contribution in [3.05, 3.63) is 0 Å². The summed E-state index contributed by atoms with van der Waals surface area (Å²) in [4.78, 5) is 83.0. The molecule has 0 aromatic rings. The van der Waals surface area contributed by atoms with Crippen molar-refractivity contribution in [2.45, 2.75) is 110 Å². The van der Waals surface area contributed by atoms with E-state index >= 15 is 0 Å². The van der Waals surface area contributed by atoms with Crippen LogP contribution in [-0.2, 0) is 80.9 Å². The molecule has 0 bridgehead atoms. The van der Waals surface area contributed by atoms with Crippen molar-refractivity contribution < 1.29 is 86.0 Å². The minimum Gasteiger partial charge on any atom is -0.463 e. The van der Waals surface area contributed by atoms with Gasteiger partial charge in [-0.15, -0.1) is 0 Å². The summed E-state index contributed by atoms with van der Waals surface area (Å²) in [5, 5.41) is 10.6. The van der Waals surface area contributed by atoms with Crippen molar-refractivity contribution in [1.29, 1.82) is 0 Å². The SMILES string of the molecule is CC(=O)OC[C@H]1O[C@H](OC[C@H]2O[C@H](O)[C@H](OC(C)=O)[C@@H](OC(C)=O)[C@@H]2OC(C)=O)[C@H](OC(C)=O)[C@@H](OC(C)=O)[C@@H]1OC(C)=O. The number of hydrogen-bond acceptors (Lipinski definition) is 18. The van der Waals surface area contributed by atoms with Crippen LogP contribution in [-0.4, -0.2) is 122 Å². The quantitative estimate of drug-likeness (QED) is 0.203. The van der Waals surface area contributed by atoms with E-state index in [1.807, 2.05) is 0 Å². The summed E-state index contributed by atoms with van der Waals surface area (Å²) >= 11 is 0. The van der Waals surface area contributed by atoms with Gasteiger partial charge in [0.25, 0.3) is 0 Å². The van der Waals surface area contributed by atoms with Crippen molar-refractivity contribution in [1.82, 2.24) is 0 Å². The van der Waals surface area contributed by atoms with Crippen molar-refractivity contribution in [3.63, 3.8) is 0 Å². The number of aliphatic hydroxyl groups excluding tert-OH is 1. The van der Waals surface area contributed by atoms with Gasteiger partial charge in [-0.2, -0.15) is 0 Å². The summed E-state index contributed by atoms with van der Waals surface area (Å²) in [7, 11) is 0. The average Bonchev–Trinajstić information content (AvgIpc) is 2.87. The zero-order chi connectivity index (χ0) is 33.3. The molecule has 2 aliphatic heterocycles. The first-order valence-corrected chi connectivity index (χ1v) is 13.3. The molecule has 18 heteroatoms. The van der Waals surface area contributed by atoms with Gasteiger partial charge in [0.15, 0.2) is 49.2 Å². The van der Waals surface area contributed by atoms with Crippen LogP contribution < -0.4 is 0 Å². The third-order valence-electron chi connectivity index (χ3n) is 5.89. The Morgan fingerprint density at radius 2 is 0.841 bits per heavy atom. The summed E-state index contributed by atoms with van der Waals surface area (Å²) < 4.78 is 53.7. The zero-order valence-corrected chi connectivity index (χ0v) is 25.1. The molecule has 0 radical (unpaired) electrons. The first kappa shape index (κ1) is 36.3. The molecule has 2 saturated heterocycles. The highest BCUT2D eigenvalue weighted by Crippen LogP contribution is 2.32. The van der Waals surface area contributed by atoms with Gasteiger partial charge in [-0.3, -0.25) is 33.6 Å². The lowest BCUT2D eigenvalue weighted by molar-refractivity contribution is -0.330. The van der Waals surface area contributed by atoms with Crippen molar-refractivity contribution in [3.8, 4) is 0 Å². The summed E-state index contributed by atoms with van der Waals surface area (Å²) in [5.41, 5.74) is 0. The Kier molecular flexibility index (Phi) is 13.4. The second-order valence-corrected chi connectivity index (χ2v) is 9.69. The summed E-state index contributed by atoms with van der Waals surface area (Å²) in [6.07, 6.45) is -15.6. The van der Waals surface area contributed by atoms with Crippen LogP contribution in [0, 0.1) is 0 Å². The third-order valence-corrected chi connectivity index (χ3v) is 5.89. The first-order chi connectivity index (χ1) is 20.5. The zero-order valence-electron chi connectivity index (χ0n) is 25.1. The monoisotopic (exact) mass is 636 g/mol. The van der Waals surface area contributed by atoms with Gasteiger partial charge in [-0.1, -0.05) is 0 Å². The Labute approximate surface area is 251 Å². The van der Waals surface area contributed by atoms with Crippen LogP contribution in [0.5, 0.6) is 0 Å². The molecule has 0 unspecified atom stereocenters. The maximum Gasteiger partial charge on any atom is 0.303 e. The van der Waals surface area contributed by atoms with Crippen LogP contribution in [0.25, 0.3) is 0 Å². The fraction of sp³-hybridized carbons (Fsp3) is 0.731. The van der Waals surface area contributed by atoms with Crippen LogP contribution in [0.3, 0.4) is 0 Å². The molecule has 0 amide bonds. The van der Waals surface area contributed by atoms with Crippen molar-refractivity contribution in [2.24, 2.45) is 0 Å². The molecule has 2 fully saturated rings. The van der Waals surface area contributed by atoms with E-state index in [1.54, 1.807) is 0 Å². The maximum absolute atomic E-state index is 12.1. The van der Waals surface area contributed by atoms with Gasteiger partial charge in [0.2, 0.25) is 0 Å². The number of carbonyl (C=O) groups excluding carboxylic acids is 7. The highest BCUT2D eigenvalue weighted by Gasteiger charge is 2.55. The lowest BCUT2D eigenvalue weighted by atomic mass is 9.97. The highest BCUT2D eigenvalue weighted by molar-refractivity contribution is 5.69. The normalized spacial score (nSPS) is 31.5. The average molecular weight is 637 g/mol. The van der Waals surface area contributed by atoms with E-state index in [0.29, 0.717) is 0 Å². The smallest absolute Gasteiger partial charge is 0.303 e. The Morgan fingerprint density at radius 3 is 1.27 bits per heavy atom. The van der Waals surface area contributed by atoms with Gasteiger partial charge < -0.3 is 52.5 Å². The molecule has 1 N–H and O–H groups in total.